The standard InChI is InChI=1S/C16H24N2OS/c1-3-18(4-2)16(19)13-7-9-14(10-8-13)17-15-6-5-11-20-12-15/h7-10,15,17H,3-6,11-12H2,1-2H3. The van der Waals surface area contributed by atoms with Crippen molar-refractivity contribution in [3.8, 4) is 0 Å². The number of benzene rings is 1. The van der Waals surface area contributed by atoms with Crippen molar-refractivity contribution in [2.45, 2.75) is 32.7 Å². The van der Waals surface area contributed by atoms with Gasteiger partial charge >= 0.3 is 0 Å². The topological polar surface area (TPSA) is 32.3 Å². The van der Waals surface area contributed by atoms with E-state index in [4.69, 9.17) is 0 Å². The zero-order valence-corrected chi connectivity index (χ0v) is 13.2. The van der Waals surface area contributed by atoms with Crippen LogP contribution in [0.3, 0.4) is 0 Å². The Balaban J connectivity index is 1.96. The number of carbonyl (C=O) groups is 1. The monoisotopic (exact) mass is 292 g/mol. The fourth-order valence-electron chi connectivity index (χ4n) is 2.49. The van der Waals surface area contributed by atoms with Gasteiger partial charge in [0, 0.05) is 36.1 Å². The van der Waals surface area contributed by atoms with Gasteiger partial charge in [-0.1, -0.05) is 0 Å². The van der Waals surface area contributed by atoms with E-state index in [9.17, 15) is 4.79 Å². The summed E-state index contributed by atoms with van der Waals surface area (Å²) in [4.78, 5) is 14.1. The van der Waals surface area contributed by atoms with Crippen molar-refractivity contribution in [2.24, 2.45) is 0 Å². The van der Waals surface area contributed by atoms with Gasteiger partial charge in [0.15, 0.2) is 0 Å². The number of hydrogen-bond donors (Lipinski definition) is 1. The fraction of sp³-hybridized carbons (Fsp3) is 0.562. The van der Waals surface area contributed by atoms with Crippen LogP contribution in [0.1, 0.15) is 37.0 Å². The predicted octanol–water partition coefficient (Wildman–Crippen LogP) is 3.48. The summed E-state index contributed by atoms with van der Waals surface area (Å²) in [6.45, 7) is 5.54. The first-order valence-electron chi connectivity index (χ1n) is 7.48. The first-order chi connectivity index (χ1) is 9.74. The zero-order chi connectivity index (χ0) is 14.4. The number of nitrogens with zero attached hydrogens (tertiary/aromatic N) is 1. The predicted molar refractivity (Wildman–Crippen MR) is 87.7 cm³/mol. The quantitative estimate of drug-likeness (QED) is 0.902. The lowest BCUT2D eigenvalue weighted by Gasteiger charge is -2.24. The molecule has 1 aliphatic rings. The third kappa shape index (κ3) is 3.92. The molecule has 1 unspecified atom stereocenters. The molecular formula is C16H24N2OS. The maximum absolute atomic E-state index is 12.2. The van der Waals surface area contributed by atoms with Crippen LogP contribution in [0, 0.1) is 0 Å². The van der Waals surface area contributed by atoms with E-state index in [0.717, 1.165) is 24.3 Å². The Morgan fingerprint density at radius 1 is 1.30 bits per heavy atom. The van der Waals surface area contributed by atoms with Crippen molar-refractivity contribution in [3.63, 3.8) is 0 Å². The molecule has 1 saturated heterocycles. The van der Waals surface area contributed by atoms with Gasteiger partial charge in [-0.15, -0.1) is 0 Å². The van der Waals surface area contributed by atoms with Crippen LogP contribution in [0.4, 0.5) is 5.69 Å². The molecular weight excluding hydrogens is 268 g/mol. The molecule has 1 heterocycles. The Morgan fingerprint density at radius 3 is 2.55 bits per heavy atom. The van der Waals surface area contributed by atoms with Crippen LogP contribution in [0.25, 0.3) is 0 Å². The maximum Gasteiger partial charge on any atom is 0.253 e. The summed E-state index contributed by atoms with van der Waals surface area (Å²) in [5, 5.41) is 3.56. The summed E-state index contributed by atoms with van der Waals surface area (Å²) in [6, 6.07) is 8.47. The van der Waals surface area contributed by atoms with Crippen LogP contribution >= 0.6 is 11.8 Å². The first kappa shape index (κ1) is 15.2. The highest BCUT2D eigenvalue weighted by Crippen LogP contribution is 2.21. The Hall–Kier alpha value is -1.16. The van der Waals surface area contributed by atoms with E-state index in [1.54, 1.807) is 0 Å². The molecule has 2 rings (SSSR count). The van der Waals surface area contributed by atoms with Crippen molar-refractivity contribution in [2.75, 3.05) is 29.9 Å². The molecule has 0 aromatic heterocycles. The van der Waals surface area contributed by atoms with Crippen LogP contribution in [0.5, 0.6) is 0 Å². The molecule has 0 radical (unpaired) electrons. The highest BCUT2D eigenvalue weighted by atomic mass is 32.2. The molecule has 110 valence electrons. The van der Waals surface area contributed by atoms with Crippen LogP contribution in [0.2, 0.25) is 0 Å². The van der Waals surface area contributed by atoms with Crippen LogP contribution in [-0.2, 0) is 0 Å². The van der Waals surface area contributed by atoms with Crippen LogP contribution in [0.15, 0.2) is 24.3 Å². The van der Waals surface area contributed by atoms with E-state index in [0.29, 0.717) is 6.04 Å². The minimum Gasteiger partial charge on any atom is -0.381 e. The average Bonchev–Trinajstić information content (AvgIpc) is 2.50. The van der Waals surface area contributed by atoms with Gasteiger partial charge in [0.1, 0.15) is 0 Å². The van der Waals surface area contributed by atoms with Gasteiger partial charge in [-0.3, -0.25) is 4.79 Å². The normalized spacial score (nSPS) is 18.6. The van der Waals surface area contributed by atoms with E-state index in [1.807, 2.05) is 54.8 Å². The number of thioether (sulfide) groups is 1. The van der Waals surface area contributed by atoms with Crippen molar-refractivity contribution in [3.05, 3.63) is 29.8 Å². The molecule has 1 aromatic carbocycles. The van der Waals surface area contributed by atoms with Gasteiger partial charge in [0.2, 0.25) is 0 Å². The van der Waals surface area contributed by atoms with Gasteiger partial charge in [-0.2, -0.15) is 11.8 Å². The summed E-state index contributed by atoms with van der Waals surface area (Å²) in [5.41, 5.74) is 1.89. The Morgan fingerprint density at radius 2 is 2.00 bits per heavy atom. The lowest BCUT2D eigenvalue weighted by molar-refractivity contribution is 0.0773. The van der Waals surface area contributed by atoms with Crippen molar-refractivity contribution < 1.29 is 4.79 Å². The van der Waals surface area contributed by atoms with Gasteiger partial charge in [0.25, 0.3) is 5.91 Å². The average molecular weight is 292 g/mol. The Kier molecular flexibility index (Phi) is 5.77. The minimum absolute atomic E-state index is 0.120. The van der Waals surface area contributed by atoms with Crippen molar-refractivity contribution >= 4 is 23.4 Å². The number of rotatable bonds is 5. The summed E-state index contributed by atoms with van der Waals surface area (Å²) < 4.78 is 0. The molecule has 1 aromatic rings. The van der Waals surface area contributed by atoms with E-state index in [-0.39, 0.29) is 5.91 Å². The molecule has 1 fully saturated rings. The number of carbonyl (C=O) groups excluding carboxylic acids is 1. The third-order valence-electron chi connectivity index (χ3n) is 3.71. The van der Waals surface area contributed by atoms with E-state index in [2.05, 4.69) is 5.32 Å². The molecule has 1 aliphatic heterocycles. The number of hydrogen-bond acceptors (Lipinski definition) is 3. The second-order valence-corrected chi connectivity index (χ2v) is 6.26. The molecule has 4 heteroatoms. The van der Waals surface area contributed by atoms with Gasteiger partial charge in [0.05, 0.1) is 0 Å². The van der Waals surface area contributed by atoms with Crippen LogP contribution in [-0.4, -0.2) is 41.4 Å². The Bertz CT molecular complexity index is 423. The molecule has 0 saturated carbocycles. The largest absolute Gasteiger partial charge is 0.381 e. The number of nitrogens with one attached hydrogen (secondary N) is 1. The summed E-state index contributed by atoms with van der Waals surface area (Å²) in [5.74, 6) is 2.59. The van der Waals surface area contributed by atoms with E-state index in [1.165, 1.54) is 24.3 Å². The molecule has 1 N–H and O–H groups in total. The molecule has 0 bridgehead atoms. The Labute approximate surface area is 126 Å². The minimum atomic E-state index is 0.120. The lowest BCUT2D eigenvalue weighted by Crippen LogP contribution is -2.30. The van der Waals surface area contributed by atoms with E-state index >= 15 is 0 Å². The van der Waals surface area contributed by atoms with Crippen molar-refractivity contribution in [1.82, 2.24) is 4.90 Å². The summed E-state index contributed by atoms with van der Waals surface area (Å²) >= 11 is 2.02. The van der Waals surface area contributed by atoms with Gasteiger partial charge in [-0.05, 0) is 56.7 Å². The van der Waals surface area contributed by atoms with Crippen molar-refractivity contribution in [1.29, 1.82) is 0 Å². The van der Waals surface area contributed by atoms with Crippen LogP contribution < -0.4 is 5.32 Å². The summed E-state index contributed by atoms with van der Waals surface area (Å²) in [7, 11) is 0. The lowest BCUT2D eigenvalue weighted by atomic mass is 10.1. The number of anilines is 1. The number of amides is 1. The molecule has 20 heavy (non-hydrogen) atoms. The van der Waals surface area contributed by atoms with E-state index < -0.39 is 0 Å². The highest BCUT2D eigenvalue weighted by Gasteiger charge is 2.14. The summed E-state index contributed by atoms with van der Waals surface area (Å²) in [6.07, 6.45) is 2.54. The van der Waals surface area contributed by atoms with Gasteiger partial charge in [-0.25, -0.2) is 0 Å². The fourth-order valence-corrected chi connectivity index (χ4v) is 3.56. The second kappa shape index (κ2) is 7.58. The first-order valence-corrected chi connectivity index (χ1v) is 8.63. The molecule has 0 spiro atoms. The second-order valence-electron chi connectivity index (χ2n) is 5.11. The smallest absolute Gasteiger partial charge is 0.253 e. The van der Waals surface area contributed by atoms with Gasteiger partial charge < -0.3 is 10.2 Å². The molecule has 1 atom stereocenters. The molecule has 1 amide bonds. The maximum atomic E-state index is 12.2. The third-order valence-corrected chi connectivity index (χ3v) is 4.93. The highest BCUT2D eigenvalue weighted by molar-refractivity contribution is 7.99. The molecule has 0 aliphatic carbocycles. The molecule has 3 nitrogen and oxygen atoms in total. The zero-order valence-electron chi connectivity index (χ0n) is 12.4. The SMILES string of the molecule is CCN(CC)C(=O)c1ccc(NC2CCCSC2)cc1.